The lowest BCUT2D eigenvalue weighted by Gasteiger charge is -2.31. The van der Waals surface area contributed by atoms with Gasteiger partial charge in [0.25, 0.3) is 0 Å². The number of hydrogen-bond acceptors (Lipinski definition) is 4. The van der Waals surface area contributed by atoms with Gasteiger partial charge in [-0.15, -0.1) is 0 Å². The number of nitriles is 1. The van der Waals surface area contributed by atoms with Gasteiger partial charge in [-0.25, -0.2) is 4.39 Å². The first kappa shape index (κ1) is 21.5. The van der Waals surface area contributed by atoms with E-state index in [9.17, 15) is 14.4 Å². The highest BCUT2D eigenvalue weighted by Crippen LogP contribution is 2.37. The van der Waals surface area contributed by atoms with Crippen molar-refractivity contribution in [3.8, 4) is 11.8 Å². The second kappa shape index (κ2) is 8.87. The molecule has 1 aromatic heterocycles. The Morgan fingerprint density at radius 3 is 2.94 bits per heavy atom. The van der Waals surface area contributed by atoms with Gasteiger partial charge < -0.3 is 20.8 Å². The second-order valence-corrected chi connectivity index (χ2v) is 9.17. The number of carbonyl (C=O) groups is 1. The van der Waals surface area contributed by atoms with Crippen molar-refractivity contribution in [2.75, 3.05) is 6.61 Å². The lowest BCUT2D eigenvalue weighted by Crippen LogP contribution is -2.46. The van der Waals surface area contributed by atoms with E-state index in [4.69, 9.17) is 10.5 Å². The summed E-state index contributed by atoms with van der Waals surface area (Å²) in [6, 6.07) is 11.0. The molecule has 1 aliphatic heterocycles. The number of ether oxygens (including phenoxy) is 1. The molecule has 0 bridgehead atoms. The number of amides is 1. The minimum atomic E-state index is -0.562. The molecule has 3 aromatic rings. The Morgan fingerprint density at radius 2 is 2.18 bits per heavy atom. The SMILES string of the molecule is N#Cc1ccc2[nH]cc(CCCC(N[C@@H]3COc4c(F)ccc(C(N)=O)c4C3)C3CC3)c2c1. The number of nitrogens with two attached hydrogens (primary N) is 1. The third-order valence-corrected chi connectivity index (χ3v) is 6.86. The molecule has 33 heavy (non-hydrogen) atoms. The van der Waals surface area contributed by atoms with Crippen molar-refractivity contribution >= 4 is 16.8 Å². The van der Waals surface area contributed by atoms with Gasteiger partial charge in [0.15, 0.2) is 11.6 Å². The van der Waals surface area contributed by atoms with Gasteiger partial charge in [-0.1, -0.05) is 0 Å². The highest BCUT2D eigenvalue weighted by molar-refractivity contribution is 5.95. The summed E-state index contributed by atoms with van der Waals surface area (Å²) in [6.07, 6.45) is 7.95. The molecule has 2 aliphatic rings. The largest absolute Gasteiger partial charge is 0.489 e. The maximum atomic E-state index is 14.2. The van der Waals surface area contributed by atoms with E-state index in [-0.39, 0.29) is 11.8 Å². The van der Waals surface area contributed by atoms with Crippen LogP contribution in [0.4, 0.5) is 4.39 Å². The summed E-state index contributed by atoms with van der Waals surface area (Å²) in [5.41, 5.74) is 9.35. The molecule has 1 amide bonds. The summed E-state index contributed by atoms with van der Waals surface area (Å²) in [6.45, 7) is 0.370. The molecule has 1 fully saturated rings. The average Bonchev–Trinajstić information content (AvgIpc) is 3.59. The number of rotatable bonds is 8. The Morgan fingerprint density at radius 1 is 1.33 bits per heavy atom. The lowest BCUT2D eigenvalue weighted by molar-refractivity contribution is 0.0997. The summed E-state index contributed by atoms with van der Waals surface area (Å²) in [4.78, 5) is 15.1. The summed E-state index contributed by atoms with van der Waals surface area (Å²) in [5, 5.41) is 14.0. The molecule has 2 aromatic carbocycles. The van der Waals surface area contributed by atoms with Gasteiger partial charge >= 0.3 is 0 Å². The molecule has 1 saturated carbocycles. The van der Waals surface area contributed by atoms with Crippen LogP contribution < -0.4 is 15.8 Å². The maximum absolute atomic E-state index is 14.2. The van der Waals surface area contributed by atoms with Crippen molar-refractivity contribution in [1.82, 2.24) is 10.3 Å². The van der Waals surface area contributed by atoms with Gasteiger partial charge in [-0.05, 0) is 80.3 Å². The standard InChI is InChI=1S/C26H27FN4O2/c27-22-8-7-19(26(29)32)21-11-18(14-33-25(21)22)31-23(16-5-6-16)3-1-2-17-13-30-24-9-4-15(12-28)10-20(17)24/h4,7-10,13,16,18,23,30-31H,1-3,5-6,11,14H2,(H2,29,32)/t18-,23?/m0/s1. The van der Waals surface area contributed by atoms with Crippen LogP contribution in [0.3, 0.4) is 0 Å². The first-order valence-electron chi connectivity index (χ1n) is 11.5. The van der Waals surface area contributed by atoms with Gasteiger partial charge in [0.2, 0.25) is 5.91 Å². The van der Waals surface area contributed by atoms with E-state index in [1.165, 1.54) is 30.5 Å². The number of nitrogens with zero attached hydrogens (tertiary/aromatic N) is 1. The molecular formula is C26H27FN4O2. The molecule has 1 unspecified atom stereocenters. The number of hydrogen-bond donors (Lipinski definition) is 3. The van der Waals surface area contributed by atoms with Crippen LogP contribution in [0.25, 0.3) is 10.9 Å². The third-order valence-electron chi connectivity index (χ3n) is 6.86. The second-order valence-electron chi connectivity index (χ2n) is 9.17. The Bertz CT molecular complexity index is 1240. The Kier molecular flexibility index (Phi) is 5.77. The highest BCUT2D eigenvalue weighted by Gasteiger charge is 2.34. The Labute approximate surface area is 191 Å². The maximum Gasteiger partial charge on any atom is 0.249 e. The number of halogens is 1. The number of benzene rings is 2. The Hall–Kier alpha value is -3.37. The van der Waals surface area contributed by atoms with Crippen molar-refractivity contribution in [3.05, 3.63) is 64.6 Å². The molecule has 4 N–H and O–H groups in total. The molecule has 2 atom stereocenters. The molecule has 6 nitrogen and oxygen atoms in total. The van der Waals surface area contributed by atoms with Gasteiger partial charge in [0.1, 0.15) is 6.61 Å². The van der Waals surface area contributed by atoms with Crippen LogP contribution in [0.15, 0.2) is 36.5 Å². The zero-order chi connectivity index (χ0) is 22.9. The molecule has 0 radical (unpaired) electrons. The van der Waals surface area contributed by atoms with E-state index in [2.05, 4.69) is 16.4 Å². The molecule has 0 spiro atoms. The predicted molar refractivity (Wildman–Crippen MR) is 124 cm³/mol. The van der Waals surface area contributed by atoms with E-state index in [1.807, 2.05) is 24.4 Å². The summed E-state index contributed by atoms with van der Waals surface area (Å²) in [5.74, 6) is -0.218. The fraction of sp³-hybridized carbons (Fsp3) is 0.385. The fourth-order valence-electron chi connectivity index (χ4n) is 5.01. The number of fused-ring (bicyclic) bond motifs is 2. The molecule has 7 heteroatoms. The van der Waals surface area contributed by atoms with Crippen LogP contribution in [0.1, 0.15) is 52.7 Å². The van der Waals surface area contributed by atoms with E-state index in [1.54, 1.807) is 0 Å². The topological polar surface area (TPSA) is 104 Å². The van der Waals surface area contributed by atoms with Crippen molar-refractivity contribution in [2.24, 2.45) is 11.7 Å². The molecular weight excluding hydrogens is 419 g/mol. The number of aromatic amines is 1. The molecule has 2 heterocycles. The number of aryl methyl sites for hydroxylation is 1. The average molecular weight is 447 g/mol. The number of nitrogens with one attached hydrogen (secondary N) is 2. The number of carbonyl (C=O) groups excluding carboxylic acids is 1. The quantitative estimate of drug-likeness (QED) is 0.487. The fourth-order valence-corrected chi connectivity index (χ4v) is 5.01. The smallest absolute Gasteiger partial charge is 0.249 e. The van der Waals surface area contributed by atoms with E-state index in [0.29, 0.717) is 41.7 Å². The van der Waals surface area contributed by atoms with Gasteiger partial charge in [-0.3, -0.25) is 4.79 Å². The van der Waals surface area contributed by atoms with E-state index in [0.717, 1.165) is 30.2 Å². The predicted octanol–water partition coefficient (Wildman–Crippen LogP) is 3.97. The summed E-state index contributed by atoms with van der Waals surface area (Å²) >= 11 is 0. The number of aromatic nitrogens is 1. The summed E-state index contributed by atoms with van der Waals surface area (Å²) < 4.78 is 19.9. The van der Waals surface area contributed by atoms with E-state index < -0.39 is 11.7 Å². The monoisotopic (exact) mass is 446 g/mol. The minimum absolute atomic E-state index is 0.00859. The first-order chi connectivity index (χ1) is 16.0. The van der Waals surface area contributed by atoms with Crippen LogP contribution in [0.5, 0.6) is 5.75 Å². The highest BCUT2D eigenvalue weighted by atomic mass is 19.1. The van der Waals surface area contributed by atoms with Crippen LogP contribution >= 0.6 is 0 Å². The van der Waals surface area contributed by atoms with Crippen molar-refractivity contribution in [3.63, 3.8) is 0 Å². The zero-order valence-corrected chi connectivity index (χ0v) is 18.4. The van der Waals surface area contributed by atoms with Crippen molar-refractivity contribution in [1.29, 1.82) is 5.26 Å². The summed E-state index contributed by atoms with van der Waals surface area (Å²) in [7, 11) is 0. The molecule has 0 saturated heterocycles. The third kappa shape index (κ3) is 4.44. The van der Waals surface area contributed by atoms with Gasteiger partial charge in [-0.2, -0.15) is 5.26 Å². The van der Waals surface area contributed by atoms with Gasteiger partial charge in [0, 0.05) is 40.3 Å². The molecule has 170 valence electrons. The van der Waals surface area contributed by atoms with Crippen LogP contribution in [0.2, 0.25) is 0 Å². The molecule has 5 rings (SSSR count). The van der Waals surface area contributed by atoms with E-state index >= 15 is 0 Å². The van der Waals surface area contributed by atoms with Gasteiger partial charge in [0.05, 0.1) is 11.6 Å². The normalized spacial score (nSPS) is 18.4. The van der Waals surface area contributed by atoms with Crippen molar-refractivity contribution < 1.29 is 13.9 Å². The van der Waals surface area contributed by atoms with Crippen LogP contribution in [-0.2, 0) is 12.8 Å². The Balaban J connectivity index is 1.24. The van der Waals surface area contributed by atoms with Crippen LogP contribution in [0, 0.1) is 23.1 Å². The molecule has 1 aliphatic carbocycles. The first-order valence-corrected chi connectivity index (χ1v) is 11.5. The number of H-pyrrole nitrogens is 1. The minimum Gasteiger partial charge on any atom is -0.489 e. The lowest BCUT2D eigenvalue weighted by atomic mass is 9.94. The number of primary amides is 1. The van der Waals surface area contributed by atoms with Crippen LogP contribution in [-0.4, -0.2) is 29.6 Å². The van der Waals surface area contributed by atoms with Crippen molar-refractivity contribution in [2.45, 2.75) is 50.6 Å². The zero-order valence-electron chi connectivity index (χ0n) is 18.4.